The minimum Gasteiger partial charge on any atom is -0.342 e. The van der Waals surface area contributed by atoms with Gasteiger partial charge in [0.2, 0.25) is 11.8 Å². The Hall–Kier alpha value is -1.10. The first-order valence-corrected chi connectivity index (χ1v) is 8.33. The van der Waals surface area contributed by atoms with Crippen molar-refractivity contribution >= 4 is 11.8 Å². The molecule has 0 aromatic carbocycles. The van der Waals surface area contributed by atoms with E-state index >= 15 is 0 Å². The monoisotopic (exact) mass is 295 g/mol. The van der Waals surface area contributed by atoms with Gasteiger partial charge >= 0.3 is 0 Å². The van der Waals surface area contributed by atoms with E-state index in [1.54, 1.807) is 0 Å². The second-order valence-corrected chi connectivity index (χ2v) is 6.57. The summed E-state index contributed by atoms with van der Waals surface area (Å²) in [6.07, 6.45) is 2.73. The molecular formula is C16H29N3O2. The lowest BCUT2D eigenvalue weighted by atomic mass is 9.94. The fourth-order valence-corrected chi connectivity index (χ4v) is 3.26. The molecule has 2 fully saturated rings. The second kappa shape index (κ2) is 7.25. The maximum absolute atomic E-state index is 12.7. The summed E-state index contributed by atoms with van der Waals surface area (Å²) in [7, 11) is 0. The molecule has 0 aliphatic carbocycles. The van der Waals surface area contributed by atoms with Gasteiger partial charge in [-0.1, -0.05) is 13.8 Å². The van der Waals surface area contributed by atoms with Crippen LogP contribution in [0.5, 0.6) is 0 Å². The van der Waals surface area contributed by atoms with Crippen LogP contribution < -0.4 is 5.32 Å². The van der Waals surface area contributed by atoms with E-state index in [9.17, 15) is 9.59 Å². The average molecular weight is 295 g/mol. The predicted molar refractivity (Wildman–Crippen MR) is 82.8 cm³/mol. The highest BCUT2D eigenvalue weighted by Gasteiger charge is 2.33. The number of hydrogen-bond acceptors (Lipinski definition) is 3. The smallest absolute Gasteiger partial charge is 0.227 e. The third-order valence-electron chi connectivity index (χ3n) is 4.80. The molecule has 2 aliphatic rings. The van der Waals surface area contributed by atoms with Gasteiger partial charge in [-0.05, 0) is 26.2 Å². The van der Waals surface area contributed by atoms with Gasteiger partial charge in [0, 0.05) is 44.7 Å². The molecular weight excluding hydrogens is 266 g/mol. The molecule has 0 spiro atoms. The summed E-state index contributed by atoms with van der Waals surface area (Å²) in [5.74, 6) is 0.517. The van der Waals surface area contributed by atoms with Gasteiger partial charge in [-0.2, -0.15) is 0 Å². The molecule has 2 amide bonds. The van der Waals surface area contributed by atoms with Crippen LogP contribution in [-0.4, -0.2) is 60.4 Å². The molecule has 0 aromatic heterocycles. The van der Waals surface area contributed by atoms with Gasteiger partial charge < -0.3 is 15.1 Å². The van der Waals surface area contributed by atoms with Gasteiger partial charge in [0.25, 0.3) is 0 Å². The van der Waals surface area contributed by atoms with Gasteiger partial charge in [0.05, 0.1) is 5.92 Å². The summed E-state index contributed by atoms with van der Waals surface area (Å²) in [6, 6.07) is 0.365. The fraction of sp³-hybridized carbons (Fsp3) is 0.875. The third-order valence-corrected chi connectivity index (χ3v) is 4.80. The molecule has 3 atom stereocenters. The van der Waals surface area contributed by atoms with Gasteiger partial charge in [0.15, 0.2) is 0 Å². The number of amides is 2. The van der Waals surface area contributed by atoms with Crippen LogP contribution >= 0.6 is 0 Å². The molecule has 5 nitrogen and oxygen atoms in total. The third kappa shape index (κ3) is 3.96. The van der Waals surface area contributed by atoms with Crippen molar-refractivity contribution in [1.82, 2.24) is 15.1 Å². The molecule has 0 radical (unpaired) electrons. The van der Waals surface area contributed by atoms with E-state index in [4.69, 9.17) is 0 Å². The molecule has 21 heavy (non-hydrogen) atoms. The molecule has 2 heterocycles. The maximum atomic E-state index is 12.7. The number of piperidine rings is 1. The van der Waals surface area contributed by atoms with Crippen LogP contribution in [0.2, 0.25) is 0 Å². The van der Waals surface area contributed by atoms with Crippen LogP contribution in [0.4, 0.5) is 0 Å². The van der Waals surface area contributed by atoms with Crippen molar-refractivity contribution in [2.75, 3.05) is 32.7 Å². The van der Waals surface area contributed by atoms with Gasteiger partial charge in [-0.3, -0.25) is 9.59 Å². The number of nitrogens with zero attached hydrogens (tertiary/aromatic N) is 2. The number of piperazine rings is 1. The van der Waals surface area contributed by atoms with Gasteiger partial charge in [-0.25, -0.2) is 0 Å². The molecule has 3 unspecified atom stereocenters. The lowest BCUT2D eigenvalue weighted by molar-refractivity contribution is -0.143. The van der Waals surface area contributed by atoms with Crippen molar-refractivity contribution in [2.24, 2.45) is 11.8 Å². The van der Waals surface area contributed by atoms with Crippen LogP contribution in [0.1, 0.15) is 40.0 Å². The van der Waals surface area contributed by atoms with Crippen molar-refractivity contribution in [2.45, 2.75) is 46.1 Å². The molecule has 5 heteroatoms. The molecule has 2 aliphatic heterocycles. The first-order valence-electron chi connectivity index (χ1n) is 8.33. The first kappa shape index (κ1) is 16.3. The predicted octanol–water partition coefficient (Wildman–Crippen LogP) is 1.09. The highest BCUT2D eigenvalue weighted by atomic mass is 16.2. The van der Waals surface area contributed by atoms with Gasteiger partial charge in [0.1, 0.15) is 0 Å². The Labute approximate surface area is 128 Å². The summed E-state index contributed by atoms with van der Waals surface area (Å²) in [5.41, 5.74) is 0. The molecule has 120 valence electrons. The number of carbonyl (C=O) groups excluding carboxylic acids is 2. The quantitative estimate of drug-likeness (QED) is 0.848. The summed E-state index contributed by atoms with van der Waals surface area (Å²) < 4.78 is 0. The van der Waals surface area contributed by atoms with E-state index in [0.717, 1.165) is 45.4 Å². The van der Waals surface area contributed by atoms with E-state index < -0.39 is 0 Å². The number of carbonyl (C=O) groups is 2. The van der Waals surface area contributed by atoms with Crippen molar-refractivity contribution in [3.05, 3.63) is 0 Å². The zero-order valence-corrected chi connectivity index (χ0v) is 13.6. The standard InChI is InChI=1S/C16H29N3O2/c1-4-12(2)15(20)18-8-5-6-14(11-18)16(21)19-9-7-17-13(3)10-19/h12-14,17H,4-11H2,1-3H3. The Morgan fingerprint density at radius 1 is 1.24 bits per heavy atom. The second-order valence-electron chi connectivity index (χ2n) is 6.57. The molecule has 0 saturated carbocycles. The van der Waals surface area contributed by atoms with E-state index in [1.807, 2.05) is 23.6 Å². The Morgan fingerprint density at radius 2 is 2.00 bits per heavy atom. The highest BCUT2D eigenvalue weighted by Crippen LogP contribution is 2.21. The number of hydrogen-bond donors (Lipinski definition) is 1. The lowest BCUT2D eigenvalue weighted by Gasteiger charge is -2.38. The summed E-state index contributed by atoms with van der Waals surface area (Å²) in [6.45, 7) is 10.00. The van der Waals surface area contributed by atoms with Crippen molar-refractivity contribution in [3.8, 4) is 0 Å². The van der Waals surface area contributed by atoms with Crippen LogP contribution in [0.25, 0.3) is 0 Å². The number of nitrogens with one attached hydrogen (secondary N) is 1. The zero-order chi connectivity index (χ0) is 15.4. The Kier molecular flexibility index (Phi) is 5.62. The molecule has 0 aromatic rings. The zero-order valence-electron chi connectivity index (χ0n) is 13.6. The number of likely N-dealkylation sites (tertiary alicyclic amines) is 1. The first-order chi connectivity index (χ1) is 10.0. The largest absolute Gasteiger partial charge is 0.342 e. The molecule has 0 bridgehead atoms. The molecule has 2 saturated heterocycles. The fourth-order valence-electron chi connectivity index (χ4n) is 3.26. The average Bonchev–Trinajstić information content (AvgIpc) is 2.52. The number of rotatable bonds is 3. The minimum absolute atomic E-state index is 0.00273. The summed E-state index contributed by atoms with van der Waals surface area (Å²) >= 11 is 0. The van der Waals surface area contributed by atoms with E-state index in [-0.39, 0.29) is 23.7 Å². The Morgan fingerprint density at radius 3 is 2.67 bits per heavy atom. The van der Waals surface area contributed by atoms with Crippen LogP contribution in [-0.2, 0) is 9.59 Å². The Balaban J connectivity index is 1.94. The molecule has 1 N–H and O–H groups in total. The maximum Gasteiger partial charge on any atom is 0.227 e. The van der Waals surface area contributed by atoms with Crippen LogP contribution in [0.3, 0.4) is 0 Å². The highest BCUT2D eigenvalue weighted by molar-refractivity contribution is 5.82. The molecule has 2 rings (SSSR count). The van der Waals surface area contributed by atoms with Crippen LogP contribution in [0.15, 0.2) is 0 Å². The van der Waals surface area contributed by atoms with Crippen molar-refractivity contribution in [3.63, 3.8) is 0 Å². The van der Waals surface area contributed by atoms with Crippen molar-refractivity contribution in [1.29, 1.82) is 0 Å². The van der Waals surface area contributed by atoms with Crippen LogP contribution in [0, 0.1) is 11.8 Å². The Bertz CT molecular complexity index is 386. The normalized spacial score (nSPS) is 28.3. The lowest BCUT2D eigenvalue weighted by Crippen LogP contribution is -2.55. The van der Waals surface area contributed by atoms with E-state index in [0.29, 0.717) is 12.6 Å². The SMILES string of the molecule is CCC(C)C(=O)N1CCCC(C(=O)N2CCNC(C)C2)C1. The minimum atomic E-state index is -0.00273. The summed E-state index contributed by atoms with van der Waals surface area (Å²) in [4.78, 5) is 28.9. The van der Waals surface area contributed by atoms with Gasteiger partial charge in [-0.15, -0.1) is 0 Å². The summed E-state index contributed by atoms with van der Waals surface area (Å²) in [5, 5.41) is 3.36. The van der Waals surface area contributed by atoms with E-state index in [1.165, 1.54) is 0 Å². The van der Waals surface area contributed by atoms with E-state index in [2.05, 4.69) is 12.2 Å². The van der Waals surface area contributed by atoms with Crippen molar-refractivity contribution < 1.29 is 9.59 Å². The topological polar surface area (TPSA) is 52.7 Å².